The van der Waals surface area contributed by atoms with Crippen molar-refractivity contribution >= 4 is 54.4 Å². The molecule has 218 valence electrons. The van der Waals surface area contributed by atoms with Crippen molar-refractivity contribution in [3.8, 4) is 0 Å². The number of hydrogen-bond donors (Lipinski definition) is 3. The van der Waals surface area contributed by atoms with Crippen LogP contribution in [0, 0.1) is 6.92 Å². The second-order valence-corrected chi connectivity index (χ2v) is 13.7. The van der Waals surface area contributed by atoms with Crippen LogP contribution < -0.4 is 16.2 Å². The Labute approximate surface area is 245 Å². The SMILES string of the molecule is CC(=NNc1cc(NN=C(C)c2ccc(S(C)(=O)=O)cc2)nc(Nc2ccc(C)cc2)n1)c1ccc(S(C)(=O)=O)cc1. The van der Waals surface area contributed by atoms with Gasteiger partial charge in [-0.25, -0.2) is 16.8 Å². The Morgan fingerprint density at radius 3 is 1.43 bits per heavy atom. The van der Waals surface area contributed by atoms with Gasteiger partial charge in [-0.05, 0) is 68.3 Å². The van der Waals surface area contributed by atoms with Gasteiger partial charge in [0.1, 0.15) is 0 Å². The molecule has 13 heteroatoms. The first kappa shape index (κ1) is 30.3. The maximum atomic E-state index is 11.8. The topological polar surface area (TPSA) is 155 Å². The lowest BCUT2D eigenvalue weighted by atomic mass is 10.1. The lowest BCUT2D eigenvalue weighted by Gasteiger charge is -2.11. The Balaban J connectivity index is 1.59. The number of anilines is 4. The van der Waals surface area contributed by atoms with Crippen LogP contribution in [0.25, 0.3) is 0 Å². The number of benzene rings is 3. The Morgan fingerprint density at radius 2 is 1.05 bits per heavy atom. The summed E-state index contributed by atoms with van der Waals surface area (Å²) in [6.07, 6.45) is 2.32. The van der Waals surface area contributed by atoms with Gasteiger partial charge in [0.25, 0.3) is 0 Å². The van der Waals surface area contributed by atoms with Crippen LogP contribution in [0.3, 0.4) is 0 Å². The molecule has 0 atom stereocenters. The molecule has 0 bridgehead atoms. The average Bonchev–Trinajstić information content (AvgIpc) is 2.95. The van der Waals surface area contributed by atoms with E-state index in [1.54, 1.807) is 44.2 Å². The highest BCUT2D eigenvalue weighted by atomic mass is 32.2. The number of nitrogens with one attached hydrogen (secondary N) is 3. The molecule has 0 fully saturated rings. The predicted octanol–water partition coefficient (Wildman–Crippen LogP) is 5.01. The van der Waals surface area contributed by atoms with Crippen molar-refractivity contribution in [2.75, 3.05) is 28.7 Å². The maximum absolute atomic E-state index is 11.8. The van der Waals surface area contributed by atoms with E-state index in [-0.39, 0.29) is 9.79 Å². The van der Waals surface area contributed by atoms with Crippen LogP contribution >= 0.6 is 0 Å². The van der Waals surface area contributed by atoms with Gasteiger partial charge in [-0.3, -0.25) is 10.9 Å². The second kappa shape index (κ2) is 12.5. The smallest absolute Gasteiger partial charge is 0.231 e. The van der Waals surface area contributed by atoms with Crippen molar-refractivity contribution < 1.29 is 16.8 Å². The van der Waals surface area contributed by atoms with Crippen LogP contribution in [0.15, 0.2) is 98.9 Å². The molecular weight excluding hydrogens is 574 g/mol. The fraction of sp³-hybridized carbons (Fsp3) is 0.172. The first-order chi connectivity index (χ1) is 19.8. The minimum absolute atomic E-state index is 0.229. The van der Waals surface area contributed by atoms with Gasteiger partial charge in [0, 0.05) is 24.3 Å². The van der Waals surface area contributed by atoms with E-state index in [9.17, 15) is 16.8 Å². The molecular formula is C29H31N7O4S2. The summed E-state index contributed by atoms with van der Waals surface area (Å²) in [7, 11) is -6.59. The molecule has 0 radical (unpaired) electrons. The molecule has 0 spiro atoms. The van der Waals surface area contributed by atoms with Gasteiger partial charge in [0.05, 0.1) is 21.2 Å². The van der Waals surface area contributed by atoms with Crippen molar-refractivity contribution in [1.82, 2.24) is 9.97 Å². The highest BCUT2D eigenvalue weighted by Gasteiger charge is 2.10. The third kappa shape index (κ3) is 8.21. The van der Waals surface area contributed by atoms with Gasteiger partial charge >= 0.3 is 0 Å². The van der Waals surface area contributed by atoms with E-state index in [0.717, 1.165) is 34.9 Å². The number of sulfone groups is 2. The van der Waals surface area contributed by atoms with E-state index in [4.69, 9.17) is 0 Å². The summed E-state index contributed by atoms with van der Waals surface area (Å²) in [5.41, 5.74) is 10.5. The van der Waals surface area contributed by atoms with Crippen LogP contribution in [0.1, 0.15) is 30.5 Å². The zero-order chi connectivity index (χ0) is 30.5. The summed E-state index contributed by atoms with van der Waals surface area (Å²) < 4.78 is 47.0. The van der Waals surface area contributed by atoms with E-state index in [0.29, 0.717) is 29.0 Å². The molecule has 42 heavy (non-hydrogen) atoms. The highest BCUT2D eigenvalue weighted by Crippen LogP contribution is 2.20. The summed E-state index contributed by atoms with van der Waals surface area (Å²) >= 11 is 0. The number of nitrogens with zero attached hydrogens (tertiary/aromatic N) is 4. The molecule has 3 aromatic carbocycles. The van der Waals surface area contributed by atoms with Crippen molar-refractivity contribution in [2.45, 2.75) is 30.6 Å². The van der Waals surface area contributed by atoms with E-state index >= 15 is 0 Å². The Morgan fingerprint density at radius 1 is 0.643 bits per heavy atom. The third-order valence-corrected chi connectivity index (χ3v) is 8.37. The molecule has 4 aromatic rings. The van der Waals surface area contributed by atoms with E-state index in [2.05, 4.69) is 36.3 Å². The molecule has 1 aromatic heterocycles. The summed E-state index contributed by atoms with van der Waals surface area (Å²) in [6.45, 7) is 5.57. The number of hydrogen-bond acceptors (Lipinski definition) is 11. The fourth-order valence-corrected chi connectivity index (χ4v) is 4.94. The minimum atomic E-state index is -3.30. The van der Waals surface area contributed by atoms with Gasteiger partial charge in [-0.2, -0.15) is 20.2 Å². The average molecular weight is 606 g/mol. The van der Waals surface area contributed by atoms with Gasteiger partial charge in [-0.15, -0.1) is 0 Å². The molecule has 1 heterocycles. The summed E-state index contributed by atoms with van der Waals surface area (Å²) in [5.74, 6) is 1.04. The van der Waals surface area contributed by atoms with Crippen LogP contribution in [-0.2, 0) is 19.7 Å². The van der Waals surface area contributed by atoms with Crippen molar-refractivity contribution in [3.63, 3.8) is 0 Å². The Bertz CT molecular complexity index is 1740. The summed E-state index contributed by atoms with van der Waals surface area (Å²) in [4.78, 5) is 9.49. The second-order valence-electron chi connectivity index (χ2n) is 9.66. The largest absolute Gasteiger partial charge is 0.324 e. The third-order valence-electron chi connectivity index (χ3n) is 6.11. The monoisotopic (exact) mass is 605 g/mol. The molecule has 0 aliphatic rings. The minimum Gasteiger partial charge on any atom is -0.324 e. The number of hydrazone groups is 2. The number of aromatic nitrogens is 2. The number of rotatable bonds is 10. The summed E-state index contributed by atoms with van der Waals surface area (Å²) in [6, 6.07) is 22.3. The van der Waals surface area contributed by atoms with E-state index in [1.807, 2.05) is 31.2 Å². The van der Waals surface area contributed by atoms with Crippen LogP contribution in [0.5, 0.6) is 0 Å². The van der Waals surface area contributed by atoms with E-state index < -0.39 is 19.7 Å². The van der Waals surface area contributed by atoms with Crippen LogP contribution in [0.2, 0.25) is 0 Å². The molecule has 0 saturated carbocycles. The zero-order valence-electron chi connectivity index (χ0n) is 23.7. The molecule has 0 saturated heterocycles. The van der Waals surface area contributed by atoms with Gasteiger partial charge in [-0.1, -0.05) is 42.0 Å². The highest BCUT2D eigenvalue weighted by molar-refractivity contribution is 7.91. The first-order valence-electron chi connectivity index (χ1n) is 12.7. The van der Waals surface area contributed by atoms with Gasteiger partial charge in [0.15, 0.2) is 31.3 Å². The fourth-order valence-electron chi connectivity index (χ4n) is 3.68. The van der Waals surface area contributed by atoms with Gasteiger partial charge in [0.2, 0.25) is 5.95 Å². The predicted molar refractivity (Wildman–Crippen MR) is 167 cm³/mol. The van der Waals surface area contributed by atoms with Crippen molar-refractivity contribution in [1.29, 1.82) is 0 Å². The zero-order valence-corrected chi connectivity index (χ0v) is 25.4. The molecule has 0 amide bonds. The lowest BCUT2D eigenvalue weighted by molar-refractivity contribution is 0.600. The van der Waals surface area contributed by atoms with Crippen molar-refractivity contribution in [2.24, 2.45) is 10.2 Å². The Hall–Kier alpha value is -4.62. The molecule has 0 aliphatic carbocycles. The molecule has 4 rings (SSSR count). The molecule has 11 nitrogen and oxygen atoms in total. The van der Waals surface area contributed by atoms with Gasteiger partial charge < -0.3 is 5.32 Å². The first-order valence-corrected chi connectivity index (χ1v) is 16.5. The Kier molecular flexibility index (Phi) is 9.02. The van der Waals surface area contributed by atoms with Crippen molar-refractivity contribution in [3.05, 3.63) is 95.6 Å². The lowest BCUT2D eigenvalue weighted by Crippen LogP contribution is -2.07. The maximum Gasteiger partial charge on any atom is 0.231 e. The molecule has 0 aliphatic heterocycles. The van der Waals surface area contributed by atoms with Crippen LogP contribution in [-0.4, -0.2) is 50.7 Å². The standard InChI is InChI=1S/C29H31N7O4S2/c1-19-6-12-24(13-7-19)30-29-31-27(35-33-20(2)22-8-14-25(15-9-22)41(4,37)38)18-28(32-29)36-34-21(3)23-10-16-26(17-11-23)42(5,39)40/h6-18H,1-5H3,(H3,30,31,32,35,36). The van der Waals surface area contributed by atoms with Crippen LogP contribution in [0.4, 0.5) is 23.3 Å². The molecule has 3 N–H and O–H groups in total. The quantitative estimate of drug-likeness (QED) is 0.167. The summed E-state index contributed by atoms with van der Waals surface area (Å²) in [5, 5.41) is 12.0. The molecule has 0 unspecified atom stereocenters. The normalized spacial score (nSPS) is 12.6. The number of aryl methyl sites for hydroxylation is 1. The van der Waals surface area contributed by atoms with E-state index in [1.165, 1.54) is 24.3 Å².